The van der Waals surface area contributed by atoms with Crippen LogP contribution in [0.15, 0.2) is 18.2 Å². The fourth-order valence-electron chi connectivity index (χ4n) is 2.55. The topological polar surface area (TPSA) is 111 Å². The molecule has 0 aliphatic carbocycles. The molecule has 138 valence electrons. The smallest absolute Gasteiger partial charge is 0.437 e. The Morgan fingerprint density at radius 1 is 1.36 bits per heavy atom. The molecule has 1 fully saturated rings. The Labute approximate surface area is 145 Å². The van der Waals surface area contributed by atoms with Crippen LogP contribution in [0.1, 0.15) is 18.5 Å². The lowest BCUT2D eigenvalue weighted by Gasteiger charge is -2.45. The van der Waals surface area contributed by atoms with E-state index in [0.717, 1.165) is 12.1 Å². The number of esters is 1. The molecular weight excluding hydrogens is 365 g/mol. The fourth-order valence-corrected chi connectivity index (χ4v) is 2.83. The molecule has 7 nitrogen and oxygen atoms in total. The molecule has 1 aliphatic rings. The molecule has 1 aromatic rings. The summed E-state index contributed by atoms with van der Waals surface area (Å²) in [7, 11) is 0. The average Bonchev–Trinajstić information content (AvgIpc) is 2.48. The molecule has 25 heavy (non-hydrogen) atoms. The van der Waals surface area contributed by atoms with Crippen LogP contribution < -0.4 is 10.6 Å². The first-order chi connectivity index (χ1) is 11.5. The van der Waals surface area contributed by atoms with E-state index < -0.39 is 46.4 Å². The van der Waals surface area contributed by atoms with Gasteiger partial charge >= 0.3 is 12.1 Å². The summed E-state index contributed by atoms with van der Waals surface area (Å²) in [4.78, 5) is 12.2. The van der Waals surface area contributed by atoms with E-state index in [1.165, 1.54) is 13.0 Å². The normalized spacial score (nSPS) is 26.5. The van der Waals surface area contributed by atoms with E-state index >= 15 is 0 Å². The molecular formula is C14H15F3N2O5S. The Kier molecular flexibility index (Phi) is 5.00. The monoisotopic (exact) mass is 380 g/mol. The number of alkyl halides is 3. The lowest BCUT2D eigenvalue weighted by molar-refractivity contribution is -0.292. The first kappa shape index (κ1) is 19.1. The van der Waals surface area contributed by atoms with Gasteiger partial charge in [-0.15, -0.1) is 0 Å². The molecule has 0 radical (unpaired) electrons. The molecule has 3 atom stereocenters. The SMILES string of the molecule is CCOC(=O)[C@@H]1[C@H](c2ccc(O)c(O)c2)NC(=S)N[C@@]1(O)C(F)(F)F. The highest BCUT2D eigenvalue weighted by atomic mass is 32.1. The van der Waals surface area contributed by atoms with Crippen LogP contribution in [0, 0.1) is 5.92 Å². The number of hydrogen-bond donors (Lipinski definition) is 5. The number of aliphatic hydroxyl groups is 1. The van der Waals surface area contributed by atoms with E-state index in [1.807, 2.05) is 0 Å². The second-order valence-corrected chi connectivity index (χ2v) is 5.73. The molecule has 1 aromatic carbocycles. The molecule has 0 unspecified atom stereocenters. The van der Waals surface area contributed by atoms with E-state index in [4.69, 9.17) is 12.2 Å². The Morgan fingerprint density at radius 2 is 2.00 bits per heavy atom. The van der Waals surface area contributed by atoms with Gasteiger partial charge < -0.3 is 30.7 Å². The number of carbonyl (C=O) groups excluding carboxylic acids is 1. The van der Waals surface area contributed by atoms with E-state index in [2.05, 4.69) is 10.1 Å². The van der Waals surface area contributed by atoms with Gasteiger partial charge in [-0.05, 0) is 36.8 Å². The number of rotatable bonds is 3. The zero-order chi connectivity index (χ0) is 19.0. The predicted molar refractivity (Wildman–Crippen MR) is 82.5 cm³/mol. The van der Waals surface area contributed by atoms with E-state index in [0.29, 0.717) is 0 Å². The molecule has 11 heteroatoms. The van der Waals surface area contributed by atoms with Gasteiger partial charge in [0.2, 0.25) is 0 Å². The molecule has 1 saturated heterocycles. The molecule has 0 bridgehead atoms. The maximum atomic E-state index is 13.5. The summed E-state index contributed by atoms with van der Waals surface area (Å²) in [6.07, 6.45) is -5.26. The first-order valence-electron chi connectivity index (χ1n) is 7.07. The minimum Gasteiger partial charge on any atom is -0.504 e. The molecule has 0 aromatic heterocycles. The van der Waals surface area contributed by atoms with E-state index in [1.54, 1.807) is 5.32 Å². The molecule has 0 amide bonds. The summed E-state index contributed by atoms with van der Waals surface area (Å²) < 4.78 is 45.1. The third-order valence-electron chi connectivity index (χ3n) is 3.71. The van der Waals surface area contributed by atoms with Crippen molar-refractivity contribution in [2.45, 2.75) is 24.9 Å². The minimum absolute atomic E-state index is 0.0140. The van der Waals surface area contributed by atoms with Crippen LogP contribution in [0.3, 0.4) is 0 Å². The number of halogens is 3. The number of benzene rings is 1. The summed E-state index contributed by atoms with van der Waals surface area (Å²) in [6, 6.07) is 1.71. The van der Waals surface area contributed by atoms with Crippen LogP contribution >= 0.6 is 12.2 Å². The number of nitrogens with one attached hydrogen (secondary N) is 2. The zero-order valence-electron chi connectivity index (χ0n) is 12.8. The zero-order valence-corrected chi connectivity index (χ0v) is 13.6. The van der Waals surface area contributed by atoms with Gasteiger partial charge in [0.1, 0.15) is 5.92 Å². The minimum atomic E-state index is -5.26. The number of phenolic OH excluding ortho intramolecular Hbond substituents is 2. The Morgan fingerprint density at radius 3 is 2.52 bits per heavy atom. The summed E-state index contributed by atoms with van der Waals surface area (Å²) in [5, 5.41) is 32.8. The highest BCUT2D eigenvalue weighted by Crippen LogP contribution is 2.44. The van der Waals surface area contributed by atoms with E-state index in [-0.39, 0.29) is 12.2 Å². The number of carbonyl (C=O) groups is 1. The summed E-state index contributed by atoms with van der Waals surface area (Å²) >= 11 is 4.72. The second-order valence-electron chi connectivity index (χ2n) is 5.32. The number of aromatic hydroxyl groups is 2. The second kappa shape index (κ2) is 6.56. The van der Waals surface area contributed by atoms with Crippen molar-refractivity contribution in [2.75, 3.05) is 6.61 Å². The maximum absolute atomic E-state index is 13.5. The number of ether oxygens (including phenoxy) is 1. The Hall–Kier alpha value is -2.27. The van der Waals surface area contributed by atoms with Gasteiger partial charge in [-0.2, -0.15) is 13.2 Å². The number of hydrogen-bond acceptors (Lipinski definition) is 6. The third-order valence-corrected chi connectivity index (χ3v) is 3.93. The summed E-state index contributed by atoms with van der Waals surface area (Å²) in [5.41, 5.74) is -3.69. The molecule has 0 saturated carbocycles. The molecule has 1 aliphatic heterocycles. The van der Waals surface area contributed by atoms with Crippen molar-refractivity contribution in [2.24, 2.45) is 5.92 Å². The van der Waals surface area contributed by atoms with Crippen LogP contribution in [0.4, 0.5) is 13.2 Å². The first-order valence-corrected chi connectivity index (χ1v) is 7.48. The predicted octanol–water partition coefficient (Wildman–Crippen LogP) is 1.05. The average molecular weight is 380 g/mol. The number of phenols is 2. The third kappa shape index (κ3) is 3.42. The number of thiocarbonyl (C=S) groups is 1. The lowest BCUT2D eigenvalue weighted by atomic mass is 9.82. The van der Waals surface area contributed by atoms with Crippen molar-refractivity contribution >= 4 is 23.3 Å². The van der Waals surface area contributed by atoms with Crippen LogP contribution in [0.25, 0.3) is 0 Å². The maximum Gasteiger partial charge on any atom is 0.437 e. The van der Waals surface area contributed by atoms with Gasteiger partial charge in [0.25, 0.3) is 5.72 Å². The standard InChI is InChI=1S/C14H15F3N2O5S/c1-2-24-11(22)9-10(6-3-4-7(20)8(21)5-6)18-12(25)19-13(9,23)14(15,16)17/h3-5,9-10,20-21,23H,2H2,1H3,(H2,18,19,25)/t9-,10-,13-/m0/s1. The molecule has 2 rings (SSSR count). The summed E-state index contributed by atoms with van der Waals surface area (Å²) in [5.74, 6) is -4.59. The van der Waals surface area contributed by atoms with Gasteiger partial charge in [-0.25, -0.2) is 0 Å². The van der Waals surface area contributed by atoms with E-state index in [9.17, 15) is 33.3 Å². The Bertz CT molecular complexity index is 700. The van der Waals surface area contributed by atoms with Gasteiger partial charge in [0.15, 0.2) is 16.6 Å². The van der Waals surface area contributed by atoms with Crippen molar-refractivity contribution in [3.8, 4) is 11.5 Å². The van der Waals surface area contributed by atoms with Crippen molar-refractivity contribution in [1.82, 2.24) is 10.6 Å². The van der Waals surface area contributed by atoms with Crippen molar-refractivity contribution < 1.29 is 38.0 Å². The van der Waals surface area contributed by atoms with Gasteiger partial charge in [-0.3, -0.25) is 4.79 Å². The Balaban J connectivity index is 2.59. The van der Waals surface area contributed by atoms with Gasteiger partial charge in [0, 0.05) is 0 Å². The molecule has 0 spiro atoms. The van der Waals surface area contributed by atoms with Crippen molar-refractivity contribution in [3.05, 3.63) is 23.8 Å². The van der Waals surface area contributed by atoms with Crippen LogP contribution in [0.5, 0.6) is 11.5 Å². The fraction of sp³-hybridized carbons (Fsp3) is 0.429. The highest BCUT2D eigenvalue weighted by molar-refractivity contribution is 7.80. The van der Waals surface area contributed by atoms with Gasteiger partial charge in [-0.1, -0.05) is 6.07 Å². The van der Waals surface area contributed by atoms with Crippen LogP contribution in [-0.4, -0.2) is 44.9 Å². The quantitative estimate of drug-likeness (QED) is 0.301. The summed E-state index contributed by atoms with van der Waals surface area (Å²) in [6.45, 7) is 1.20. The largest absolute Gasteiger partial charge is 0.504 e. The van der Waals surface area contributed by atoms with Gasteiger partial charge in [0.05, 0.1) is 12.6 Å². The molecule has 1 heterocycles. The van der Waals surface area contributed by atoms with Crippen LogP contribution in [0.2, 0.25) is 0 Å². The highest BCUT2D eigenvalue weighted by Gasteiger charge is 2.66. The van der Waals surface area contributed by atoms with Crippen LogP contribution in [-0.2, 0) is 9.53 Å². The lowest BCUT2D eigenvalue weighted by Crippen LogP contribution is -2.73. The van der Waals surface area contributed by atoms with Crippen molar-refractivity contribution in [3.63, 3.8) is 0 Å². The molecule has 5 N–H and O–H groups in total. The van der Waals surface area contributed by atoms with Crippen molar-refractivity contribution in [1.29, 1.82) is 0 Å².